The van der Waals surface area contributed by atoms with E-state index in [9.17, 15) is 0 Å². The molecule has 2 rings (SSSR count). The number of ether oxygens (including phenoxy) is 2. The van der Waals surface area contributed by atoms with E-state index in [2.05, 4.69) is 30.0 Å². The number of benzene rings is 2. The molecule has 118 valence electrons. The van der Waals surface area contributed by atoms with Crippen molar-refractivity contribution in [2.24, 2.45) is 0 Å². The van der Waals surface area contributed by atoms with E-state index < -0.39 is 0 Å². The van der Waals surface area contributed by atoms with Crippen molar-refractivity contribution < 1.29 is 9.47 Å². The van der Waals surface area contributed by atoms with E-state index >= 15 is 0 Å². The van der Waals surface area contributed by atoms with Gasteiger partial charge >= 0.3 is 0 Å². The van der Waals surface area contributed by atoms with E-state index in [1.54, 1.807) is 14.2 Å². The number of hydrogen-bond acceptors (Lipinski definition) is 4. The fraction of sp³-hybridized carbons (Fsp3) is 0.333. The molecule has 0 saturated heterocycles. The molecule has 0 aliphatic rings. The first kappa shape index (κ1) is 16.2. The molecule has 2 aromatic carbocycles. The summed E-state index contributed by atoms with van der Waals surface area (Å²) in [6.45, 7) is 4.89. The van der Waals surface area contributed by atoms with E-state index in [-0.39, 0.29) is 0 Å². The summed E-state index contributed by atoms with van der Waals surface area (Å²) < 4.78 is 10.6. The van der Waals surface area contributed by atoms with E-state index in [0.717, 1.165) is 36.8 Å². The summed E-state index contributed by atoms with van der Waals surface area (Å²) in [4.78, 5) is 2.37. The molecule has 4 heteroatoms. The molecule has 4 nitrogen and oxygen atoms in total. The standard InChI is InChI=1S/C18H24N2O2/c1-4-20(12-14-5-8-16(19)9-6-14)13-15-7-10-17(21-2)18(11-15)22-3/h5-11H,4,12-13,19H2,1-3H3. The zero-order valence-corrected chi connectivity index (χ0v) is 13.5. The minimum absolute atomic E-state index is 0.757. The Kier molecular flexibility index (Phi) is 5.67. The van der Waals surface area contributed by atoms with Gasteiger partial charge in [-0.15, -0.1) is 0 Å². The highest BCUT2D eigenvalue weighted by Gasteiger charge is 2.09. The molecule has 0 aliphatic carbocycles. The van der Waals surface area contributed by atoms with Crippen LogP contribution in [0.5, 0.6) is 11.5 Å². The van der Waals surface area contributed by atoms with Gasteiger partial charge in [-0.25, -0.2) is 0 Å². The maximum absolute atomic E-state index is 5.73. The normalized spacial score (nSPS) is 10.7. The molecular formula is C18H24N2O2. The van der Waals surface area contributed by atoms with Gasteiger partial charge in [0, 0.05) is 18.8 Å². The van der Waals surface area contributed by atoms with Crippen molar-refractivity contribution in [2.45, 2.75) is 20.0 Å². The van der Waals surface area contributed by atoms with Crippen molar-refractivity contribution >= 4 is 5.69 Å². The highest BCUT2D eigenvalue weighted by molar-refractivity contribution is 5.43. The second-order valence-electron chi connectivity index (χ2n) is 5.23. The van der Waals surface area contributed by atoms with Crippen LogP contribution in [0.15, 0.2) is 42.5 Å². The highest BCUT2D eigenvalue weighted by atomic mass is 16.5. The molecule has 0 bridgehead atoms. The second kappa shape index (κ2) is 7.71. The fourth-order valence-electron chi connectivity index (χ4n) is 2.40. The van der Waals surface area contributed by atoms with Crippen LogP contribution >= 0.6 is 0 Å². The third-order valence-electron chi connectivity index (χ3n) is 3.69. The van der Waals surface area contributed by atoms with E-state index in [1.807, 2.05) is 24.3 Å². The smallest absolute Gasteiger partial charge is 0.161 e. The summed E-state index contributed by atoms with van der Waals surface area (Å²) in [5, 5.41) is 0. The van der Waals surface area contributed by atoms with Gasteiger partial charge in [-0.1, -0.05) is 25.1 Å². The van der Waals surface area contributed by atoms with Crippen LogP contribution in [-0.4, -0.2) is 25.7 Å². The molecule has 0 fully saturated rings. The molecule has 0 radical (unpaired) electrons. The summed E-state index contributed by atoms with van der Waals surface area (Å²) in [6, 6.07) is 14.1. The molecule has 22 heavy (non-hydrogen) atoms. The summed E-state index contributed by atoms with van der Waals surface area (Å²) in [5.41, 5.74) is 9.00. The number of nitrogen functional groups attached to an aromatic ring is 1. The van der Waals surface area contributed by atoms with Gasteiger partial charge in [0.2, 0.25) is 0 Å². The minimum Gasteiger partial charge on any atom is -0.493 e. The van der Waals surface area contributed by atoms with Gasteiger partial charge in [-0.05, 0) is 41.9 Å². The number of anilines is 1. The van der Waals surface area contributed by atoms with Crippen molar-refractivity contribution in [2.75, 3.05) is 26.5 Å². The topological polar surface area (TPSA) is 47.7 Å². The van der Waals surface area contributed by atoms with Gasteiger partial charge < -0.3 is 15.2 Å². The summed E-state index contributed by atoms with van der Waals surface area (Å²) >= 11 is 0. The molecular weight excluding hydrogens is 276 g/mol. The van der Waals surface area contributed by atoms with Crippen molar-refractivity contribution in [1.29, 1.82) is 0 Å². The van der Waals surface area contributed by atoms with Crippen molar-refractivity contribution in [3.63, 3.8) is 0 Å². The highest BCUT2D eigenvalue weighted by Crippen LogP contribution is 2.28. The molecule has 0 aromatic heterocycles. The summed E-state index contributed by atoms with van der Waals surface area (Å²) in [6.07, 6.45) is 0. The molecule has 2 aromatic rings. The Labute approximate surface area is 132 Å². The molecule has 0 spiro atoms. The zero-order chi connectivity index (χ0) is 15.9. The maximum atomic E-state index is 5.73. The third-order valence-corrected chi connectivity index (χ3v) is 3.69. The first-order chi connectivity index (χ1) is 10.7. The number of hydrogen-bond donors (Lipinski definition) is 1. The van der Waals surface area contributed by atoms with Gasteiger partial charge in [-0.2, -0.15) is 0 Å². The Balaban J connectivity index is 2.07. The predicted octanol–water partition coefficient (Wildman–Crippen LogP) is 3.31. The second-order valence-corrected chi connectivity index (χ2v) is 5.23. The molecule has 0 heterocycles. The Bertz CT molecular complexity index is 597. The lowest BCUT2D eigenvalue weighted by molar-refractivity contribution is 0.270. The summed E-state index contributed by atoms with van der Waals surface area (Å²) in [7, 11) is 3.31. The van der Waals surface area contributed by atoms with E-state index in [1.165, 1.54) is 11.1 Å². The van der Waals surface area contributed by atoms with Crippen molar-refractivity contribution in [3.8, 4) is 11.5 Å². The molecule has 0 amide bonds. The van der Waals surface area contributed by atoms with Crippen molar-refractivity contribution in [1.82, 2.24) is 4.90 Å². The first-order valence-electron chi connectivity index (χ1n) is 7.44. The number of rotatable bonds is 7. The van der Waals surface area contributed by atoms with E-state index in [0.29, 0.717) is 0 Å². The lowest BCUT2D eigenvalue weighted by Gasteiger charge is -2.21. The van der Waals surface area contributed by atoms with E-state index in [4.69, 9.17) is 15.2 Å². The first-order valence-corrected chi connectivity index (χ1v) is 7.44. The van der Waals surface area contributed by atoms with Gasteiger partial charge in [0.25, 0.3) is 0 Å². The van der Waals surface area contributed by atoms with Crippen LogP contribution in [0, 0.1) is 0 Å². The Morgan fingerprint density at radius 3 is 2.05 bits per heavy atom. The monoisotopic (exact) mass is 300 g/mol. The molecule has 0 saturated carbocycles. The number of nitrogens with zero attached hydrogens (tertiary/aromatic N) is 1. The van der Waals surface area contributed by atoms with Gasteiger partial charge in [0.15, 0.2) is 11.5 Å². The fourth-order valence-corrected chi connectivity index (χ4v) is 2.40. The Morgan fingerprint density at radius 1 is 0.864 bits per heavy atom. The van der Waals surface area contributed by atoms with Crippen LogP contribution in [0.25, 0.3) is 0 Å². The third kappa shape index (κ3) is 4.15. The number of methoxy groups -OCH3 is 2. The zero-order valence-electron chi connectivity index (χ0n) is 13.5. The van der Waals surface area contributed by atoms with Crippen LogP contribution in [0.2, 0.25) is 0 Å². The molecule has 2 N–H and O–H groups in total. The molecule has 0 unspecified atom stereocenters. The SMILES string of the molecule is CCN(Cc1ccc(N)cc1)Cc1ccc(OC)c(OC)c1. The lowest BCUT2D eigenvalue weighted by atomic mass is 10.1. The van der Waals surface area contributed by atoms with Crippen LogP contribution in [-0.2, 0) is 13.1 Å². The molecule has 0 atom stereocenters. The van der Waals surface area contributed by atoms with Gasteiger partial charge in [0.05, 0.1) is 14.2 Å². The lowest BCUT2D eigenvalue weighted by Crippen LogP contribution is -2.22. The average Bonchev–Trinajstić information content (AvgIpc) is 2.56. The quantitative estimate of drug-likeness (QED) is 0.797. The minimum atomic E-state index is 0.757. The van der Waals surface area contributed by atoms with Crippen LogP contribution in [0.4, 0.5) is 5.69 Å². The van der Waals surface area contributed by atoms with Crippen LogP contribution in [0.1, 0.15) is 18.1 Å². The van der Waals surface area contributed by atoms with Crippen LogP contribution in [0.3, 0.4) is 0 Å². The Morgan fingerprint density at radius 2 is 1.45 bits per heavy atom. The van der Waals surface area contributed by atoms with Gasteiger partial charge in [-0.3, -0.25) is 4.90 Å². The number of nitrogens with two attached hydrogens (primary N) is 1. The molecule has 0 aliphatic heterocycles. The van der Waals surface area contributed by atoms with Gasteiger partial charge in [0.1, 0.15) is 0 Å². The largest absolute Gasteiger partial charge is 0.493 e. The predicted molar refractivity (Wildman–Crippen MR) is 90.2 cm³/mol. The van der Waals surface area contributed by atoms with Crippen LogP contribution < -0.4 is 15.2 Å². The average molecular weight is 300 g/mol. The van der Waals surface area contributed by atoms with Crippen molar-refractivity contribution in [3.05, 3.63) is 53.6 Å². The summed E-state index contributed by atoms with van der Waals surface area (Å²) in [5.74, 6) is 1.52. The Hall–Kier alpha value is -2.20. The maximum Gasteiger partial charge on any atom is 0.161 e.